The number of nitriles is 1. The maximum absolute atomic E-state index is 12.0. The minimum absolute atomic E-state index is 0.179. The van der Waals surface area contributed by atoms with E-state index >= 15 is 0 Å². The number of nitrogens with one attached hydrogen (secondary N) is 1. The van der Waals surface area contributed by atoms with Crippen LogP contribution in [0.3, 0.4) is 0 Å². The summed E-state index contributed by atoms with van der Waals surface area (Å²) in [5.41, 5.74) is 2.40. The standard InChI is InChI=1S/C14H12ClN3O2/c1-8-12(9(2)20-18-8)6-14(19)17-11-4-3-10(7-16)13(15)5-11/h3-5H,6H2,1-2H3,(H,17,19). The second kappa shape index (κ2) is 5.76. The summed E-state index contributed by atoms with van der Waals surface area (Å²) in [5.74, 6) is 0.440. The summed E-state index contributed by atoms with van der Waals surface area (Å²) < 4.78 is 5.01. The van der Waals surface area contributed by atoms with Crippen LogP contribution in [0.2, 0.25) is 5.02 Å². The second-order valence-electron chi connectivity index (χ2n) is 4.33. The van der Waals surface area contributed by atoms with Crippen molar-refractivity contribution in [3.05, 3.63) is 45.8 Å². The van der Waals surface area contributed by atoms with Gasteiger partial charge in [-0.25, -0.2) is 0 Å². The summed E-state index contributed by atoms with van der Waals surface area (Å²) in [7, 11) is 0. The lowest BCUT2D eigenvalue weighted by Crippen LogP contribution is -2.15. The summed E-state index contributed by atoms with van der Waals surface area (Å²) >= 11 is 5.91. The Hall–Kier alpha value is -2.32. The first kappa shape index (κ1) is 14.1. The first-order valence-electron chi connectivity index (χ1n) is 5.92. The molecule has 0 radical (unpaired) electrons. The first-order chi connectivity index (χ1) is 9.51. The minimum atomic E-state index is -0.194. The largest absolute Gasteiger partial charge is 0.361 e. The fourth-order valence-corrected chi connectivity index (χ4v) is 2.03. The minimum Gasteiger partial charge on any atom is -0.361 e. The van der Waals surface area contributed by atoms with Crippen LogP contribution in [-0.4, -0.2) is 11.1 Å². The average Bonchev–Trinajstić information content (AvgIpc) is 2.71. The Morgan fingerprint density at radius 2 is 2.25 bits per heavy atom. The van der Waals surface area contributed by atoms with Crippen molar-refractivity contribution >= 4 is 23.2 Å². The molecule has 1 N–H and O–H groups in total. The van der Waals surface area contributed by atoms with E-state index in [2.05, 4.69) is 10.5 Å². The zero-order valence-electron chi connectivity index (χ0n) is 11.0. The van der Waals surface area contributed by atoms with Crippen molar-refractivity contribution in [1.29, 1.82) is 5.26 Å². The normalized spacial score (nSPS) is 10.1. The molecule has 1 aromatic heterocycles. The van der Waals surface area contributed by atoms with Gasteiger partial charge in [-0.3, -0.25) is 4.79 Å². The van der Waals surface area contributed by atoms with Crippen molar-refractivity contribution in [3.63, 3.8) is 0 Å². The molecule has 1 aromatic carbocycles. The predicted molar refractivity (Wildman–Crippen MR) is 74.5 cm³/mol. The fourth-order valence-electron chi connectivity index (χ4n) is 1.80. The number of carbonyl (C=O) groups excluding carboxylic acids is 1. The molecule has 1 amide bonds. The molecule has 2 aromatic rings. The molecule has 20 heavy (non-hydrogen) atoms. The monoisotopic (exact) mass is 289 g/mol. The number of rotatable bonds is 3. The van der Waals surface area contributed by atoms with Gasteiger partial charge in [-0.1, -0.05) is 16.8 Å². The Morgan fingerprint density at radius 1 is 1.50 bits per heavy atom. The van der Waals surface area contributed by atoms with Crippen molar-refractivity contribution in [3.8, 4) is 6.07 Å². The summed E-state index contributed by atoms with van der Waals surface area (Å²) in [5, 5.41) is 15.6. The average molecular weight is 290 g/mol. The molecule has 0 aliphatic carbocycles. The molecule has 0 unspecified atom stereocenters. The van der Waals surface area contributed by atoms with Gasteiger partial charge in [0, 0.05) is 11.3 Å². The molecule has 2 rings (SSSR count). The third-order valence-electron chi connectivity index (χ3n) is 2.89. The van der Waals surface area contributed by atoms with Crippen LogP contribution in [0.4, 0.5) is 5.69 Å². The van der Waals surface area contributed by atoms with Gasteiger partial charge in [0.1, 0.15) is 11.8 Å². The maximum atomic E-state index is 12.0. The van der Waals surface area contributed by atoms with Gasteiger partial charge in [0.2, 0.25) is 5.91 Å². The second-order valence-corrected chi connectivity index (χ2v) is 4.74. The number of hydrogen-bond donors (Lipinski definition) is 1. The van der Waals surface area contributed by atoms with Gasteiger partial charge in [0.05, 0.1) is 22.7 Å². The molecule has 0 saturated carbocycles. The van der Waals surface area contributed by atoms with E-state index in [4.69, 9.17) is 21.4 Å². The molecule has 0 atom stereocenters. The maximum Gasteiger partial charge on any atom is 0.229 e. The quantitative estimate of drug-likeness (QED) is 0.942. The molecule has 0 spiro atoms. The van der Waals surface area contributed by atoms with Crippen LogP contribution >= 0.6 is 11.6 Å². The van der Waals surface area contributed by atoms with Crippen LogP contribution in [0.1, 0.15) is 22.6 Å². The van der Waals surface area contributed by atoms with E-state index in [0.29, 0.717) is 27.7 Å². The highest BCUT2D eigenvalue weighted by Crippen LogP contribution is 2.21. The molecular formula is C14H12ClN3O2. The van der Waals surface area contributed by atoms with Crippen LogP contribution in [-0.2, 0) is 11.2 Å². The van der Waals surface area contributed by atoms with E-state index in [1.54, 1.807) is 32.0 Å². The highest BCUT2D eigenvalue weighted by molar-refractivity contribution is 6.32. The number of hydrogen-bond acceptors (Lipinski definition) is 4. The van der Waals surface area contributed by atoms with Crippen LogP contribution in [0.15, 0.2) is 22.7 Å². The van der Waals surface area contributed by atoms with E-state index in [1.165, 1.54) is 0 Å². The van der Waals surface area contributed by atoms with Gasteiger partial charge in [-0.2, -0.15) is 5.26 Å². The number of amides is 1. The summed E-state index contributed by atoms with van der Waals surface area (Å²) in [6, 6.07) is 6.71. The van der Waals surface area contributed by atoms with E-state index in [1.807, 2.05) is 6.07 Å². The van der Waals surface area contributed by atoms with Crippen LogP contribution in [0.5, 0.6) is 0 Å². The third-order valence-corrected chi connectivity index (χ3v) is 3.20. The highest BCUT2D eigenvalue weighted by atomic mass is 35.5. The van der Waals surface area contributed by atoms with Crippen LogP contribution in [0, 0.1) is 25.2 Å². The van der Waals surface area contributed by atoms with Crippen molar-refractivity contribution in [2.75, 3.05) is 5.32 Å². The number of aryl methyl sites for hydroxylation is 2. The topological polar surface area (TPSA) is 78.9 Å². The number of nitrogens with zero attached hydrogens (tertiary/aromatic N) is 2. The van der Waals surface area contributed by atoms with Crippen molar-refractivity contribution < 1.29 is 9.32 Å². The van der Waals surface area contributed by atoms with Crippen LogP contribution in [0.25, 0.3) is 0 Å². The van der Waals surface area contributed by atoms with Gasteiger partial charge in [-0.15, -0.1) is 0 Å². The third kappa shape index (κ3) is 2.98. The van der Waals surface area contributed by atoms with Gasteiger partial charge in [0.25, 0.3) is 0 Å². The first-order valence-corrected chi connectivity index (χ1v) is 6.30. The Labute approximate surface area is 121 Å². The number of anilines is 1. The molecule has 5 nitrogen and oxygen atoms in total. The Kier molecular flexibility index (Phi) is 4.06. The fraction of sp³-hybridized carbons (Fsp3) is 0.214. The molecule has 0 fully saturated rings. The predicted octanol–water partition coefficient (Wildman–Crippen LogP) is 3.00. The van der Waals surface area contributed by atoms with E-state index in [-0.39, 0.29) is 12.3 Å². The highest BCUT2D eigenvalue weighted by Gasteiger charge is 2.13. The molecule has 102 valence electrons. The molecule has 0 saturated heterocycles. The summed E-state index contributed by atoms with van der Waals surface area (Å²) in [6.45, 7) is 3.55. The van der Waals surface area contributed by atoms with Crippen molar-refractivity contribution in [2.45, 2.75) is 20.3 Å². The van der Waals surface area contributed by atoms with Crippen LogP contribution < -0.4 is 5.32 Å². The molecule has 0 bridgehead atoms. The van der Waals surface area contributed by atoms with E-state index < -0.39 is 0 Å². The molecule has 0 aliphatic heterocycles. The lowest BCUT2D eigenvalue weighted by molar-refractivity contribution is -0.115. The zero-order chi connectivity index (χ0) is 14.7. The molecule has 1 heterocycles. The summed E-state index contributed by atoms with van der Waals surface area (Å²) in [4.78, 5) is 12.0. The SMILES string of the molecule is Cc1noc(C)c1CC(=O)Nc1ccc(C#N)c(Cl)c1. The Bertz CT molecular complexity index is 681. The Morgan fingerprint density at radius 3 is 2.80 bits per heavy atom. The van der Waals surface area contributed by atoms with Gasteiger partial charge in [0.15, 0.2) is 0 Å². The van der Waals surface area contributed by atoms with Gasteiger partial charge < -0.3 is 9.84 Å². The lowest BCUT2D eigenvalue weighted by atomic mass is 10.1. The summed E-state index contributed by atoms with van der Waals surface area (Å²) in [6.07, 6.45) is 0.179. The number of benzene rings is 1. The van der Waals surface area contributed by atoms with E-state index in [0.717, 1.165) is 5.56 Å². The Balaban J connectivity index is 2.09. The molecule has 0 aliphatic rings. The number of carbonyl (C=O) groups is 1. The van der Waals surface area contributed by atoms with Gasteiger partial charge in [-0.05, 0) is 32.0 Å². The molecule has 6 heteroatoms. The number of halogens is 1. The zero-order valence-corrected chi connectivity index (χ0v) is 11.8. The number of aromatic nitrogens is 1. The lowest BCUT2D eigenvalue weighted by Gasteiger charge is -2.06. The van der Waals surface area contributed by atoms with Crippen molar-refractivity contribution in [1.82, 2.24) is 5.16 Å². The molecular weight excluding hydrogens is 278 g/mol. The van der Waals surface area contributed by atoms with Gasteiger partial charge >= 0.3 is 0 Å². The van der Waals surface area contributed by atoms with E-state index in [9.17, 15) is 4.79 Å². The van der Waals surface area contributed by atoms with Crippen molar-refractivity contribution in [2.24, 2.45) is 0 Å². The smallest absolute Gasteiger partial charge is 0.229 e.